The van der Waals surface area contributed by atoms with Crippen molar-refractivity contribution in [1.29, 1.82) is 0 Å². The van der Waals surface area contributed by atoms with Crippen molar-refractivity contribution < 1.29 is 19.4 Å². The summed E-state index contributed by atoms with van der Waals surface area (Å²) >= 11 is 0. The lowest BCUT2D eigenvalue weighted by Gasteiger charge is -2.31. The molecule has 0 spiro atoms. The zero-order chi connectivity index (χ0) is 14.5. The number of nitrogens with zero attached hydrogens (tertiary/aromatic N) is 2. The molecule has 0 saturated carbocycles. The van der Waals surface area contributed by atoms with Gasteiger partial charge in [-0.1, -0.05) is 0 Å². The van der Waals surface area contributed by atoms with E-state index in [1.165, 1.54) is 18.5 Å². The molecule has 0 aromatic carbocycles. The van der Waals surface area contributed by atoms with E-state index in [-0.39, 0.29) is 17.7 Å². The first kappa shape index (κ1) is 14.3. The Labute approximate surface area is 116 Å². The van der Waals surface area contributed by atoms with Gasteiger partial charge in [0.25, 0.3) is 0 Å². The lowest BCUT2D eigenvalue weighted by atomic mass is 10.1. The van der Waals surface area contributed by atoms with Crippen LogP contribution in [-0.2, 0) is 4.74 Å². The number of aromatic carboxylic acids is 1. The van der Waals surface area contributed by atoms with Crippen LogP contribution in [0.1, 0.15) is 23.2 Å². The molecule has 0 bridgehead atoms. The number of carboxylic acids is 1. The van der Waals surface area contributed by atoms with Gasteiger partial charge in [-0.2, -0.15) is 0 Å². The second-order valence-corrected chi connectivity index (χ2v) is 4.64. The monoisotopic (exact) mass is 279 g/mol. The van der Waals surface area contributed by atoms with Crippen LogP contribution in [0.4, 0.5) is 10.5 Å². The molecular formula is C13H17N3O4. The number of carbonyl (C=O) groups is 2. The largest absolute Gasteiger partial charge is 0.478 e. The number of nitrogens with one attached hydrogen (secondary N) is 1. The summed E-state index contributed by atoms with van der Waals surface area (Å²) in [4.78, 5) is 28.4. The fourth-order valence-electron chi connectivity index (χ4n) is 2.14. The highest BCUT2D eigenvalue weighted by Crippen LogP contribution is 2.15. The number of pyridine rings is 1. The molecule has 7 nitrogen and oxygen atoms in total. The Morgan fingerprint density at radius 2 is 2.30 bits per heavy atom. The predicted octanol–water partition coefficient (Wildman–Crippen LogP) is 1.42. The molecule has 2 N–H and O–H groups in total. The molecule has 1 aliphatic heterocycles. The Morgan fingerprint density at radius 1 is 1.50 bits per heavy atom. The smallest absolute Gasteiger partial charge is 0.337 e. The van der Waals surface area contributed by atoms with Crippen molar-refractivity contribution in [3.8, 4) is 0 Å². The second kappa shape index (κ2) is 6.33. The first-order chi connectivity index (χ1) is 9.60. The normalized spacial score (nSPS) is 18.6. The van der Waals surface area contributed by atoms with Crippen molar-refractivity contribution in [2.45, 2.75) is 18.9 Å². The van der Waals surface area contributed by atoms with Crippen LogP contribution in [0.5, 0.6) is 0 Å². The fraction of sp³-hybridized carbons (Fsp3) is 0.462. The number of urea groups is 1. The van der Waals surface area contributed by atoms with E-state index in [2.05, 4.69) is 10.3 Å². The molecule has 2 amide bonds. The van der Waals surface area contributed by atoms with Crippen molar-refractivity contribution in [3.63, 3.8) is 0 Å². The van der Waals surface area contributed by atoms with Gasteiger partial charge in [-0.05, 0) is 18.9 Å². The summed E-state index contributed by atoms with van der Waals surface area (Å²) in [6, 6.07) is 1.11. The molecule has 1 aromatic heterocycles. The van der Waals surface area contributed by atoms with Crippen molar-refractivity contribution in [1.82, 2.24) is 9.88 Å². The Hall–Kier alpha value is -2.15. The molecule has 108 valence electrons. The summed E-state index contributed by atoms with van der Waals surface area (Å²) < 4.78 is 5.26. The van der Waals surface area contributed by atoms with Gasteiger partial charge in [0, 0.05) is 26.4 Å². The standard InChI is InChI=1S/C13H17N3O4/c1-20-11-3-2-4-16(8-11)13(19)15-10-5-9(12(17)18)6-14-7-10/h5-7,11H,2-4,8H2,1H3,(H,15,19)(H,17,18). The highest BCUT2D eigenvalue weighted by Gasteiger charge is 2.23. The number of aromatic nitrogens is 1. The number of rotatable bonds is 3. The summed E-state index contributed by atoms with van der Waals surface area (Å²) in [6.07, 6.45) is 4.54. The molecule has 0 radical (unpaired) electrons. The van der Waals surface area contributed by atoms with Crippen LogP contribution in [0.15, 0.2) is 18.5 Å². The summed E-state index contributed by atoms with van der Waals surface area (Å²) in [5.41, 5.74) is 0.408. The zero-order valence-electron chi connectivity index (χ0n) is 11.2. The van der Waals surface area contributed by atoms with Crippen molar-refractivity contribution in [3.05, 3.63) is 24.0 Å². The van der Waals surface area contributed by atoms with Crippen LogP contribution in [0.3, 0.4) is 0 Å². The van der Waals surface area contributed by atoms with E-state index in [4.69, 9.17) is 9.84 Å². The first-order valence-electron chi connectivity index (χ1n) is 6.37. The first-order valence-corrected chi connectivity index (χ1v) is 6.37. The van der Waals surface area contributed by atoms with Gasteiger partial charge in [0.1, 0.15) is 0 Å². The predicted molar refractivity (Wildman–Crippen MR) is 71.8 cm³/mol. The summed E-state index contributed by atoms with van der Waals surface area (Å²) in [6.45, 7) is 1.20. The number of hydrogen-bond acceptors (Lipinski definition) is 4. The fourth-order valence-corrected chi connectivity index (χ4v) is 2.14. The third-order valence-corrected chi connectivity index (χ3v) is 3.24. The maximum Gasteiger partial charge on any atom is 0.337 e. The molecule has 1 aliphatic rings. The number of ether oxygens (including phenoxy) is 1. The molecule has 1 atom stereocenters. The SMILES string of the molecule is COC1CCCN(C(=O)Nc2cncc(C(=O)O)c2)C1. The van der Waals surface area contributed by atoms with Crippen LogP contribution < -0.4 is 5.32 Å². The highest BCUT2D eigenvalue weighted by molar-refractivity contribution is 5.92. The van der Waals surface area contributed by atoms with Crippen molar-refractivity contribution in [2.24, 2.45) is 0 Å². The lowest BCUT2D eigenvalue weighted by molar-refractivity contribution is 0.0458. The quantitative estimate of drug-likeness (QED) is 0.873. The molecular weight excluding hydrogens is 262 g/mol. The molecule has 2 rings (SSSR count). The van der Waals surface area contributed by atoms with Gasteiger partial charge < -0.3 is 20.1 Å². The summed E-state index contributed by atoms with van der Waals surface area (Å²) in [5, 5.41) is 11.5. The molecule has 2 heterocycles. The highest BCUT2D eigenvalue weighted by atomic mass is 16.5. The van der Waals surface area contributed by atoms with Gasteiger partial charge in [0.2, 0.25) is 0 Å². The number of carbonyl (C=O) groups excluding carboxylic acids is 1. The maximum absolute atomic E-state index is 12.1. The van der Waals surface area contributed by atoms with Gasteiger partial charge in [0.05, 0.1) is 23.6 Å². The number of likely N-dealkylation sites (tertiary alicyclic amines) is 1. The average Bonchev–Trinajstić information content (AvgIpc) is 2.47. The molecule has 20 heavy (non-hydrogen) atoms. The molecule has 1 fully saturated rings. The van der Waals surface area contributed by atoms with Crippen LogP contribution >= 0.6 is 0 Å². The number of piperidine rings is 1. The van der Waals surface area contributed by atoms with E-state index in [1.54, 1.807) is 12.0 Å². The van der Waals surface area contributed by atoms with E-state index in [1.807, 2.05) is 0 Å². The summed E-state index contributed by atoms with van der Waals surface area (Å²) in [7, 11) is 1.63. The van der Waals surface area contributed by atoms with Crippen molar-refractivity contribution in [2.75, 3.05) is 25.5 Å². The minimum absolute atomic E-state index is 0.0382. The van der Waals surface area contributed by atoms with Crippen LogP contribution in [0, 0.1) is 0 Å². The van der Waals surface area contributed by atoms with Crippen LogP contribution in [-0.4, -0.2) is 53.3 Å². The maximum atomic E-state index is 12.1. The Balaban J connectivity index is 2.00. The minimum atomic E-state index is -1.08. The number of carboxylic acid groups (broad SMARTS) is 1. The molecule has 1 unspecified atom stereocenters. The molecule has 7 heteroatoms. The molecule has 0 aliphatic carbocycles. The molecule has 1 aromatic rings. The molecule has 1 saturated heterocycles. The Morgan fingerprint density at radius 3 is 3.00 bits per heavy atom. The Kier molecular flexibility index (Phi) is 4.52. The van der Waals surface area contributed by atoms with E-state index in [0.717, 1.165) is 12.8 Å². The average molecular weight is 279 g/mol. The minimum Gasteiger partial charge on any atom is -0.478 e. The van der Waals surface area contributed by atoms with Crippen LogP contribution in [0.2, 0.25) is 0 Å². The van der Waals surface area contributed by atoms with Gasteiger partial charge in [-0.3, -0.25) is 4.98 Å². The van der Waals surface area contributed by atoms with Gasteiger partial charge in [-0.25, -0.2) is 9.59 Å². The van der Waals surface area contributed by atoms with E-state index < -0.39 is 5.97 Å². The number of amides is 2. The number of hydrogen-bond donors (Lipinski definition) is 2. The van der Waals surface area contributed by atoms with E-state index in [9.17, 15) is 9.59 Å². The van der Waals surface area contributed by atoms with E-state index >= 15 is 0 Å². The van der Waals surface area contributed by atoms with Gasteiger partial charge in [-0.15, -0.1) is 0 Å². The summed E-state index contributed by atoms with van der Waals surface area (Å²) in [5.74, 6) is -1.08. The third kappa shape index (κ3) is 3.45. The number of anilines is 1. The zero-order valence-corrected chi connectivity index (χ0v) is 11.2. The Bertz CT molecular complexity index is 506. The third-order valence-electron chi connectivity index (χ3n) is 3.24. The lowest BCUT2D eigenvalue weighted by Crippen LogP contribution is -2.44. The topological polar surface area (TPSA) is 91.8 Å². The van der Waals surface area contributed by atoms with E-state index in [0.29, 0.717) is 18.8 Å². The van der Waals surface area contributed by atoms with Crippen molar-refractivity contribution >= 4 is 17.7 Å². The van der Waals surface area contributed by atoms with Gasteiger partial charge in [0.15, 0.2) is 0 Å². The van der Waals surface area contributed by atoms with Gasteiger partial charge >= 0.3 is 12.0 Å². The second-order valence-electron chi connectivity index (χ2n) is 4.64. The van der Waals surface area contributed by atoms with Crippen LogP contribution in [0.25, 0.3) is 0 Å². The number of methoxy groups -OCH3 is 1.